The van der Waals surface area contributed by atoms with Crippen LogP contribution in [-0.4, -0.2) is 33.9 Å². The van der Waals surface area contributed by atoms with Crippen LogP contribution in [0.5, 0.6) is 0 Å². The van der Waals surface area contributed by atoms with Crippen molar-refractivity contribution in [1.29, 1.82) is 0 Å². The number of H-pyrrole nitrogens is 1. The molecule has 0 saturated heterocycles. The number of nitrogens with zero attached hydrogens (tertiary/aromatic N) is 1. The summed E-state index contributed by atoms with van der Waals surface area (Å²) in [5, 5.41) is 18.3. The molecule has 0 spiro atoms. The number of aryl methyl sites for hydroxylation is 1. The standard InChI is InChI=1S/C13H19N3O3/c1-7-8(2)15-16-13(19)11(7)12(18)14-6-9-3-4-10(17)5-9/h9-10,17H,3-6H2,1-2H3,(H,14,18)(H,16,19). The number of hydrogen-bond acceptors (Lipinski definition) is 4. The summed E-state index contributed by atoms with van der Waals surface area (Å²) >= 11 is 0. The topological polar surface area (TPSA) is 95.1 Å². The van der Waals surface area contributed by atoms with Crippen LogP contribution in [-0.2, 0) is 0 Å². The minimum Gasteiger partial charge on any atom is -0.393 e. The molecule has 1 heterocycles. The Labute approximate surface area is 111 Å². The van der Waals surface area contributed by atoms with Crippen LogP contribution in [0.2, 0.25) is 0 Å². The maximum atomic E-state index is 12.1. The van der Waals surface area contributed by atoms with Crippen molar-refractivity contribution in [2.45, 2.75) is 39.2 Å². The first kappa shape index (κ1) is 13.7. The van der Waals surface area contributed by atoms with Crippen molar-refractivity contribution in [3.05, 3.63) is 27.2 Å². The summed E-state index contributed by atoms with van der Waals surface area (Å²) in [7, 11) is 0. The third-order valence-corrected chi connectivity index (χ3v) is 3.76. The predicted molar refractivity (Wildman–Crippen MR) is 70.0 cm³/mol. The van der Waals surface area contributed by atoms with Crippen LogP contribution >= 0.6 is 0 Å². The Kier molecular flexibility index (Phi) is 3.99. The Hall–Kier alpha value is -1.69. The van der Waals surface area contributed by atoms with Crippen LogP contribution in [0.25, 0.3) is 0 Å². The van der Waals surface area contributed by atoms with Gasteiger partial charge in [-0.1, -0.05) is 0 Å². The van der Waals surface area contributed by atoms with Gasteiger partial charge in [0.2, 0.25) is 0 Å². The molecule has 2 rings (SSSR count). The van der Waals surface area contributed by atoms with Crippen molar-refractivity contribution in [3.63, 3.8) is 0 Å². The second-order valence-electron chi connectivity index (χ2n) is 5.18. The van der Waals surface area contributed by atoms with E-state index in [1.165, 1.54) is 0 Å². The van der Waals surface area contributed by atoms with E-state index >= 15 is 0 Å². The highest BCUT2D eigenvalue weighted by Crippen LogP contribution is 2.24. The molecule has 3 N–H and O–H groups in total. The third-order valence-electron chi connectivity index (χ3n) is 3.76. The molecule has 1 aromatic rings. The van der Waals surface area contributed by atoms with Gasteiger partial charge in [-0.3, -0.25) is 9.59 Å². The molecule has 1 saturated carbocycles. The number of carbonyl (C=O) groups excluding carboxylic acids is 1. The summed E-state index contributed by atoms with van der Waals surface area (Å²) in [5.74, 6) is -0.0769. The van der Waals surface area contributed by atoms with Crippen LogP contribution in [0.4, 0.5) is 0 Å². The van der Waals surface area contributed by atoms with Crippen LogP contribution in [0.1, 0.15) is 40.9 Å². The highest BCUT2D eigenvalue weighted by molar-refractivity contribution is 5.95. The fourth-order valence-electron chi connectivity index (χ4n) is 2.46. The Morgan fingerprint density at radius 3 is 2.84 bits per heavy atom. The third kappa shape index (κ3) is 3.01. The molecule has 104 valence electrons. The number of aliphatic hydroxyl groups excluding tert-OH is 1. The Morgan fingerprint density at radius 2 is 2.21 bits per heavy atom. The molecule has 6 heteroatoms. The molecule has 0 aliphatic heterocycles. The van der Waals surface area contributed by atoms with Gasteiger partial charge >= 0.3 is 0 Å². The number of carbonyl (C=O) groups is 1. The van der Waals surface area contributed by atoms with Crippen LogP contribution < -0.4 is 10.9 Å². The summed E-state index contributed by atoms with van der Waals surface area (Å²) in [4.78, 5) is 23.7. The Balaban J connectivity index is 2.04. The van der Waals surface area contributed by atoms with Gasteiger partial charge in [0, 0.05) is 6.54 Å². The number of rotatable bonds is 3. The second kappa shape index (κ2) is 5.52. The van der Waals surface area contributed by atoms with E-state index in [0.29, 0.717) is 30.1 Å². The SMILES string of the molecule is Cc1n[nH]c(=O)c(C(=O)NCC2CCC(O)C2)c1C. The van der Waals surface area contributed by atoms with E-state index in [4.69, 9.17) is 0 Å². The molecule has 1 aliphatic carbocycles. The number of aromatic amines is 1. The molecule has 2 atom stereocenters. The van der Waals surface area contributed by atoms with Gasteiger partial charge in [-0.25, -0.2) is 5.10 Å². The molecule has 6 nitrogen and oxygen atoms in total. The number of aromatic nitrogens is 2. The normalized spacial score (nSPS) is 22.5. The molecule has 1 aliphatic rings. The maximum Gasteiger partial charge on any atom is 0.277 e. The van der Waals surface area contributed by atoms with E-state index in [2.05, 4.69) is 15.5 Å². The van der Waals surface area contributed by atoms with Crippen molar-refractivity contribution in [1.82, 2.24) is 15.5 Å². The van der Waals surface area contributed by atoms with Crippen LogP contribution in [0, 0.1) is 19.8 Å². The van der Waals surface area contributed by atoms with Gasteiger partial charge in [-0.2, -0.15) is 5.10 Å². The summed E-state index contributed by atoms with van der Waals surface area (Å²) < 4.78 is 0. The van der Waals surface area contributed by atoms with Crippen molar-refractivity contribution >= 4 is 5.91 Å². The van der Waals surface area contributed by atoms with Crippen LogP contribution in [0.15, 0.2) is 4.79 Å². The fourth-order valence-corrected chi connectivity index (χ4v) is 2.46. The number of hydrogen-bond donors (Lipinski definition) is 3. The summed E-state index contributed by atoms with van der Waals surface area (Å²) in [6, 6.07) is 0. The van der Waals surface area contributed by atoms with Gasteiger partial charge in [-0.15, -0.1) is 0 Å². The van der Waals surface area contributed by atoms with Gasteiger partial charge in [-0.05, 0) is 44.6 Å². The van der Waals surface area contributed by atoms with E-state index in [9.17, 15) is 14.7 Å². The lowest BCUT2D eigenvalue weighted by Crippen LogP contribution is -2.34. The van der Waals surface area contributed by atoms with Gasteiger partial charge in [0.1, 0.15) is 5.56 Å². The largest absolute Gasteiger partial charge is 0.393 e. The van der Waals surface area contributed by atoms with Gasteiger partial charge in [0.15, 0.2) is 0 Å². The van der Waals surface area contributed by atoms with Crippen LogP contribution in [0.3, 0.4) is 0 Å². The molecular weight excluding hydrogens is 246 g/mol. The van der Waals surface area contributed by atoms with Crippen molar-refractivity contribution in [2.75, 3.05) is 6.54 Å². The highest BCUT2D eigenvalue weighted by atomic mass is 16.3. The van der Waals surface area contributed by atoms with Crippen molar-refractivity contribution < 1.29 is 9.90 Å². The minimum atomic E-state index is -0.466. The van der Waals surface area contributed by atoms with E-state index in [1.54, 1.807) is 13.8 Å². The van der Waals surface area contributed by atoms with Gasteiger partial charge in [0.25, 0.3) is 11.5 Å². The predicted octanol–water partition coefficient (Wildman–Crippen LogP) is 0.278. The molecule has 19 heavy (non-hydrogen) atoms. The first-order valence-corrected chi connectivity index (χ1v) is 6.51. The average molecular weight is 265 g/mol. The fraction of sp³-hybridized carbons (Fsp3) is 0.615. The summed E-state index contributed by atoms with van der Waals surface area (Å²) in [6.45, 7) is 3.96. The zero-order valence-electron chi connectivity index (χ0n) is 11.2. The molecule has 0 bridgehead atoms. The lowest BCUT2D eigenvalue weighted by molar-refractivity contribution is 0.0942. The van der Waals surface area contributed by atoms with Gasteiger partial charge in [0.05, 0.1) is 11.8 Å². The zero-order chi connectivity index (χ0) is 14.0. The highest BCUT2D eigenvalue weighted by Gasteiger charge is 2.24. The molecule has 1 aromatic heterocycles. The molecule has 2 unspecified atom stereocenters. The summed E-state index contributed by atoms with van der Waals surface area (Å²) in [6.07, 6.45) is 2.15. The lowest BCUT2D eigenvalue weighted by atomic mass is 10.1. The average Bonchev–Trinajstić information content (AvgIpc) is 2.78. The van der Waals surface area contributed by atoms with E-state index in [1.807, 2.05) is 0 Å². The van der Waals surface area contributed by atoms with Crippen molar-refractivity contribution in [3.8, 4) is 0 Å². The monoisotopic (exact) mass is 265 g/mol. The smallest absolute Gasteiger partial charge is 0.277 e. The number of amides is 1. The van der Waals surface area contributed by atoms with E-state index in [0.717, 1.165) is 12.8 Å². The first-order valence-electron chi connectivity index (χ1n) is 6.51. The molecule has 1 amide bonds. The lowest BCUT2D eigenvalue weighted by Gasteiger charge is -2.12. The molecular formula is C13H19N3O3. The first-order chi connectivity index (χ1) is 8.99. The van der Waals surface area contributed by atoms with E-state index in [-0.39, 0.29) is 17.6 Å². The number of nitrogens with one attached hydrogen (secondary N) is 2. The maximum absolute atomic E-state index is 12.1. The van der Waals surface area contributed by atoms with Crippen molar-refractivity contribution in [2.24, 2.45) is 5.92 Å². The Bertz CT molecular complexity index is 538. The minimum absolute atomic E-state index is 0.131. The molecule has 1 fully saturated rings. The molecule has 0 radical (unpaired) electrons. The summed E-state index contributed by atoms with van der Waals surface area (Å²) in [5.41, 5.74) is 0.909. The zero-order valence-corrected chi connectivity index (χ0v) is 11.2. The number of aliphatic hydroxyl groups is 1. The quantitative estimate of drug-likeness (QED) is 0.731. The molecule has 0 aromatic carbocycles. The van der Waals surface area contributed by atoms with E-state index < -0.39 is 5.56 Å². The van der Waals surface area contributed by atoms with Gasteiger partial charge < -0.3 is 10.4 Å². The Morgan fingerprint density at radius 1 is 1.47 bits per heavy atom. The second-order valence-corrected chi connectivity index (χ2v) is 5.18.